The summed E-state index contributed by atoms with van der Waals surface area (Å²) >= 11 is 2.10. The van der Waals surface area contributed by atoms with Gasteiger partial charge in [-0.25, -0.2) is 0 Å². The number of carbonyl (C=O) groups excluding carboxylic acids is 2. The van der Waals surface area contributed by atoms with Crippen molar-refractivity contribution in [1.29, 1.82) is 0 Å². The molecule has 2 rings (SSSR count). The molecular formula is C35H57IN2O7. The van der Waals surface area contributed by atoms with Crippen LogP contribution in [0.4, 0.5) is 0 Å². The van der Waals surface area contributed by atoms with Gasteiger partial charge in [0.1, 0.15) is 12.2 Å². The number of carbonyl (C=O) groups is 2. The predicted octanol–water partition coefficient (Wildman–Crippen LogP) is 6.04. The van der Waals surface area contributed by atoms with Crippen molar-refractivity contribution in [2.24, 2.45) is 0 Å². The lowest BCUT2D eigenvalue weighted by Crippen LogP contribution is -2.55. The van der Waals surface area contributed by atoms with Crippen molar-refractivity contribution in [2.75, 3.05) is 26.8 Å². The zero-order valence-electron chi connectivity index (χ0n) is 27.7. The molecule has 10 heteroatoms. The Labute approximate surface area is 284 Å². The zero-order chi connectivity index (χ0) is 33.0. The van der Waals surface area contributed by atoms with Gasteiger partial charge in [-0.1, -0.05) is 84.5 Å². The summed E-state index contributed by atoms with van der Waals surface area (Å²) in [5, 5.41) is 33.4. The molecule has 9 nitrogen and oxygen atoms in total. The molecule has 0 saturated carbocycles. The topological polar surface area (TPSA) is 129 Å². The Balaban J connectivity index is 2.27. The number of hydrogen-bond acceptors (Lipinski definition) is 7. The number of amides is 2. The van der Waals surface area contributed by atoms with Crippen LogP contribution in [0.15, 0.2) is 23.8 Å². The van der Waals surface area contributed by atoms with Gasteiger partial charge in [0.15, 0.2) is 11.5 Å². The fourth-order valence-electron chi connectivity index (χ4n) is 5.81. The Hall–Kier alpha value is -1.89. The zero-order valence-corrected chi connectivity index (χ0v) is 29.9. The molecule has 0 saturated heterocycles. The molecule has 0 aliphatic heterocycles. The second kappa shape index (κ2) is 22.6. The molecule has 0 radical (unpaired) electrons. The van der Waals surface area contributed by atoms with E-state index in [2.05, 4.69) is 41.8 Å². The number of rotatable bonds is 23. The first-order valence-electron chi connectivity index (χ1n) is 17.0. The van der Waals surface area contributed by atoms with Gasteiger partial charge in [0.05, 0.1) is 29.9 Å². The third-order valence-electron chi connectivity index (χ3n) is 8.41. The van der Waals surface area contributed by atoms with Gasteiger partial charge in [0, 0.05) is 31.5 Å². The average Bonchev–Trinajstić information content (AvgIpc) is 3.04. The van der Waals surface area contributed by atoms with Crippen molar-refractivity contribution in [1.82, 2.24) is 10.2 Å². The van der Waals surface area contributed by atoms with Crippen LogP contribution in [0.5, 0.6) is 11.5 Å². The highest BCUT2D eigenvalue weighted by molar-refractivity contribution is 14.1. The number of aliphatic hydroxyl groups excluding tert-OH is 3. The van der Waals surface area contributed by atoms with Crippen LogP contribution in [-0.4, -0.2) is 77.1 Å². The molecule has 4 N–H and O–H groups in total. The lowest BCUT2D eigenvalue weighted by molar-refractivity contribution is -0.138. The Morgan fingerprint density at radius 3 is 2.18 bits per heavy atom. The monoisotopic (exact) mass is 744 g/mol. The van der Waals surface area contributed by atoms with Crippen LogP contribution >= 0.6 is 22.6 Å². The molecule has 1 aromatic rings. The van der Waals surface area contributed by atoms with Crippen LogP contribution in [0.1, 0.15) is 116 Å². The maximum atomic E-state index is 13.8. The lowest BCUT2D eigenvalue weighted by Gasteiger charge is -2.41. The highest BCUT2D eigenvalue weighted by Gasteiger charge is 2.40. The van der Waals surface area contributed by atoms with Crippen molar-refractivity contribution in [3.63, 3.8) is 0 Å². The molecule has 0 aromatic heterocycles. The Kier molecular flexibility index (Phi) is 19.7. The van der Waals surface area contributed by atoms with Crippen LogP contribution in [-0.2, 0) is 16.2 Å². The van der Waals surface area contributed by atoms with E-state index in [4.69, 9.17) is 9.47 Å². The van der Waals surface area contributed by atoms with Gasteiger partial charge in [-0.2, -0.15) is 0 Å². The maximum Gasteiger partial charge on any atom is 0.247 e. The molecule has 1 aromatic carbocycles. The second-order valence-corrected chi connectivity index (χ2v) is 13.2. The summed E-state index contributed by atoms with van der Waals surface area (Å²) in [5.41, 5.74) is 1.06. The van der Waals surface area contributed by atoms with E-state index in [-0.39, 0.29) is 38.0 Å². The quantitative estimate of drug-likeness (QED) is 0.0796. The molecule has 0 spiro atoms. The maximum absolute atomic E-state index is 13.8. The average molecular weight is 745 g/mol. The fourth-order valence-corrected chi connectivity index (χ4v) is 6.60. The largest absolute Gasteiger partial charge is 0.493 e. The van der Waals surface area contributed by atoms with Gasteiger partial charge in [-0.3, -0.25) is 9.59 Å². The molecule has 0 fully saturated rings. The van der Waals surface area contributed by atoms with E-state index in [1.165, 1.54) is 45.6 Å². The van der Waals surface area contributed by atoms with Gasteiger partial charge >= 0.3 is 0 Å². The highest BCUT2D eigenvalue weighted by atomic mass is 127. The Bertz CT molecular complexity index is 1050. The van der Waals surface area contributed by atoms with Gasteiger partial charge in [0.2, 0.25) is 11.8 Å². The van der Waals surface area contributed by atoms with E-state index in [0.717, 1.165) is 44.9 Å². The SMILES string of the molecule is CCCCCCCCCCCC(=O)N(CCCCCC)C1CC(C(=O)NCCO)=CC(Oc2c(I)cc(CO)cc2OC)C1O. The van der Waals surface area contributed by atoms with Gasteiger partial charge in [-0.05, 0) is 59.2 Å². The minimum absolute atomic E-state index is 0.00581. The molecule has 1 aliphatic rings. The van der Waals surface area contributed by atoms with Crippen molar-refractivity contribution >= 4 is 34.4 Å². The van der Waals surface area contributed by atoms with Crippen LogP contribution in [0.2, 0.25) is 0 Å². The van der Waals surface area contributed by atoms with E-state index >= 15 is 0 Å². The summed E-state index contributed by atoms with van der Waals surface area (Å²) < 4.78 is 12.6. The van der Waals surface area contributed by atoms with E-state index in [9.17, 15) is 24.9 Å². The number of halogens is 1. The molecule has 0 bridgehead atoms. The third kappa shape index (κ3) is 13.4. The summed E-state index contributed by atoms with van der Waals surface area (Å²) in [6.45, 7) is 4.61. The first-order valence-corrected chi connectivity index (χ1v) is 18.1. The molecule has 2 amide bonds. The minimum Gasteiger partial charge on any atom is -0.493 e. The molecule has 1 aliphatic carbocycles. The summed E-state index contributed by atoms with van der Waals surface area (Å²) in [6.07, 6.45) is 14.6. The highest BCUT2D eigenvalue weighted by Crippen LogP contribution is 2.37. The molecule has 256 valence electrons. The van der Waals surface area contributed by atoms with E-state index in [1.807, 2.05) is 0 Å². The van der Waals surface area contributed by atoms with Crippen LogP contribution in [0, 0.1) is 3.57 Å². The number of nitrogens with one attached hydrogen (secondary N) is 1. The van der Waals surface area contributed by atoms with Gasteiger partial charge in [-0.15, -0.1) is 0 Å². The number of methoxy groups -OCH3 is 1. The van der Waals surface area contributed by atoms with Gasteiger partial charge < -0.3 is 35.0 Å². The Morgan fingerprint density at radius 2 is 1.58 bits per heavy atom. The predicted molar refractivity (Wildman–Crippen MR) is 186 cm³/mol. The molecular weight excluding hydrogens is 687 g/mol. The van der Waals surface area contributed by atoms with Crippen LogP contribution in [0.3, 0.4) is 0 Å². The smallest absolute Gasteiger partial charge is 0.247 e. The molecule has 3 unspecified atom stereocenters. The number of hydrogen-bond donors (Lipinski definition) is 4. The normalized spacial score (nSPS) is 17.9. The lowest BCUT2D eigenvalue weighted by atomic mass is 9.87. The molecule has 0 heterocycles. The van der Waals surface area contributed by atoms with Gasteiger partial charge in [0.25, 0.3) is 0 Å². The number of unbranched alkanes of at least 4 members (excludes halogenated alkanes) is 11. The second-order valence-electron chi connectivity index (χ2n) is 12.0. The summed E-state index contributed by atoms with van der Waals surface area (Å²) in [7, 11) is 1.51. The van der Waals surface area contributed by atoms with Crippen molar-refractivity contribution in [3.8, 4) is 11.5 Å². The molecule has 45 heavy (non-hydrogen) atoms. The fraction of sp³-hybridized carbons (Fsp3) is 0.714. The Morgan fingerprint density at radius 1 is 0.956 bits per heavy atom. The van der Waals surface area contributed by atoms with E-state index < -0.39 is 18.2 Å². The standard InChI is InChI=1S/C35H57IN2O7/c1-4-6-8-10-11-12-13-14-15-17-32(41)38(19-16-9-7-5-2)29-23-27(35(43)37-18-20-39)24-30(33(29)42)45-34-28(36)21-26(25-40)22-31(34)44-3/h21-22,24,29-30,33,39-40,42H,4-20,23,25H2,1-3H3,(H,37,43). The van der Waals surface area contributed by atoms with Crippen molar-refractivity contribution in [3.05, 3.63) is 32.9 Å². The summed E-state index contributed by atoms with van der Waals surface area (Å²) in [4.78, 5) is 28.7. The van der Waals surface area contributed by atoms with Crippen molar-refractivity contribution < 1.29 is 34.4 Å². The minimum atomic E-state index is -1.09. The molecule has 3 atom stereocenters. The summed E-state index contributed by atoms with van der Waals surface area (Å²) in [6, 6.07) is 2.80. The van der Waals surface area contributed by atoms with E-state index in [0.29, 0.717) is 39.2 Å². The summed E-state index contributed by atoms with van der Waals surface area (Å²) in [5.74, 6) is 0.428. The number of benzene rings is 1. The first-order chi connectivity index (χ1) is 21.8. The third-order valence-corrected chi connectivity index (χ3v) is 9.21. The van der Waals surface area contributed by atoms with Crippen molar-refractivity contribution in [2.45, 2.75) is 135 Å². The first kappa shape index (κ1) is 39.3. The number of aliphatic hydroxyl groups is 3. The van der Waals surface area contributed by atoms with Crippen LogP contribution < -0.4 is 14.8 Å². The number of nitrogens with zero attached hydrogens (tertiary/aromatic N) is 1. The van der Waals surface area contributed by atoms with Crippen LogP contribution in [0.25, 0.3) is 0 Å². The van der Waals surface area contributed by atoms with E-state index in [1.54, 1.807) is 23.1 Å². The number of ether oxygens (including phenoxy) is 2.